The van der Waals surface area contributed by atoms with Gasteiger partial charge in [-0.1, -0.05) is 12.1 Å². The quantitative estimate of drug-likeness (QED) is 0.809. The maximum atomic E-state index is 5.92. The number of aryl methyl sites for hydroxylation is 2. The third kappa shape index (κ3) is 3.24. The maximum absolute atomic E-state index is 5.92. The van der Waals surface area contributed by atoms with Crippen molar-refractivity contribution in [2.45, 2.75) is 46.8 Å². The van der Waals surface area contributed by atoms with E-state index in [1.165, 1.54) is 0 Å². The van der Waals surface area contributed by atoms with E-state index >= 15 is 0 Å². The van der Waals surface area contributed by atoms with Gasteiger partial charge in [0.1, 0.15) is 11.4 Å². The Balaban J connectivity index is 3.09. The van der Waals surface area contributed by atoms with E-state index in [0.29, 0.717) is 6.54 Å². The molecule has 0 aliphatic heterocycles. The summed E-state index contributed by atoms with van der Waals surface area (Å²) >= 11 is 0. The van der Waals surface area contributed by atoms with E-state index in [0.717, 1.165) is 22.4 Å². The number of ether oxygens (including phenoxy) is 1. The molecular weight excluding hydrogens is 186 g/mol. The molecule has 1 rings (SSSR count). The van der Waals surface area contributed by atoms with Crippen LogP contribution in [0.5, 0.6) is 5.75 Å². The van der Waals surface area contributed by atoms with Gasteiger partial charge in [-0.05, 0) is 51.3 Å². The first-order chi connectivity index (χ1) is 6.83. The number of hydrogen-bond donors (Lipinski definition) is 1. The second-order valence-corrected chi connectivity index (χ2v) is 4.98. The summed E-state index contributed by atoms with van der Waals surface area (Å²) < 4.78 is 5.92. The lowest BCUT2D eigenvalue weighted by atomic mass is 10.0. The molecule has 84 valence electrons. The topological polar surface area (TPSA) is 35.2 Å². The maximum Gasteiger partial charge on any atom is 0.125 e. The van der Waals surface area contributed by atoms with Gasteiger partial charge in [0.15, 0.2) is 0 Å². The van der Waals surface area contributed by atoms with Crippen LogP contribution in [0.25, 0.3) is 0 Å². The zero-order valence-electron chi connectivity index (χ0n) is 10.3. The Kier molecular flexibility index (Phi) is 3.40. The molecule has 0 atom stereocenters. The number of rotatable bonds is 2. The molecule has 0 unspecified atom stereocenters. The normalized spacial score (nSPS) is 11.6. The van der Waals surface area contributed by atoms with Crippen LogP contribution in [0.2, 0.25) is 0 Å². The van der Waals surface area contributed by atoms with Crippen LogP contribution in [0.3, 0.4) is 0 Å². The first-order valence-corrected chi connectivity index (χ1v) is 5.32. The second kappa shape index (κ2) is 4.23. The molecule has 0 radical (unpaired) electrons. The van der Waals surface area contributed by atoms with Crippen molar-refractivity contribution in [3.05, 3.63) is 28.8 Å². The molecule has 0 aliphatic carbocycles. The van der Waals surface area contributed by atoms with Crippen molar-refractivity contribution < 1.29 is 4.74 Å². The van der Waals surface area contributed by atoms with E-state index < -0.39 is 0 Å². The molecule has 0 bridgehead atoms. The van der Waals surface area contributed by atoms with Crippen LogP contribution < -0.4 is 10.5 Å². The van der Waals surface area contributed by atoms with E-state index in [1.54, 1.807) is 0 Å². The molecule has 0 amide bonds. The Morgan fingerprint density at radius 3 is 1.93 bits per heavy atom. The average Bonchev–Trinajstić information content (AvgIpc) is 2.09. The molecule has 15 heavy (non-hydrogen) atoms. The monoisotopic (exact) mass is 207 g/mol. The highest BCUT2D eigenvalue weighted by Crippen LogP contribution is 2.28. The number of hydrogen-bond acceptors (Lipinski definition) is 2. The predicted octanol–water partition coefficient (Wildman–Crippen LogP) is 2.94. The zero-order chi connectivity index (χ0) is 11.6. The number of benzene rings is 1. The van der Waals surface area contributed by atoms with Gasteiger partial charge < -0.3 is 10.5 Å². The Morgan fingerprint density at radius 1 is 1.13 bits per heavy atom. The van der Waals surface area contributed by atoms with Crippen molar-refractivity contribution in [3.8, 4) is 5.75 Å². The summed E-state index contributed by atoms with van der Waals surface area (Å²) in [6, 6.07) is 4.18. The minimum absolute atomic E-state index is 0.153. The molecular formula is C13H21NO. The minimum atomic E-state index is -0.153. The van der Waals surface area contributed by atoms with E-state index in [4.69, 9.17) is 10.5 Å². The number of nitrogens with two attached hydrogens (primary N) is 1. The molecule has 1 aromatic carbocycles. The van der Waals surface area contributed by atoms with Crippen LogP contribution in [-0.4, -0.2) is 5.60 Å². The largest absolute Gasteiger partial charge is 0.488 e. The lowest BCUT2D eigenvalue weighted by Crippen LogP contribution is -2.24. The SMILES string of the molecule is Cc1cc(CN)cc(C)c1OC(C)(C)C. The molecule has 2 nitrogen and oxygen atoms in total. The third-order valence-corrected chi connectivity index (χ3v) is 2.16. The summed E-state index contributed by atoms with van der Waals surface area (Å²) in [6.45, 7) is 10.9. The minimum Gasteiger partial charge on any atom is -0.488 e. The molecule has 0 saturated carbocycles. The summed E-state index contributed by atoms with van der Waals surface area (Å²) in [4.78, 5) is 0. The zero-order valence-corrected chi connectivity index (χ0v) is 10.3. The Morgan fingerprint density at radius 2 is 1.60 bits per heavy atom. The van der Waals surface area contributed by atoms with E-state index in [1.807, 2.05) is 0 Å². The van der Waals surface area contributed by atoms with Gasteiger partial charge in [-0.25, -0.2) is 0 Å². The van der Waals surface area contributed by atoms with Gasteiger partial charge in [0.05, 0.1) is 0 Å². The molecule has 0 heterocycles. The van der Waals surface area contributed by atoms with E-state index in [2.05, 4.69) is 46.8 Å². The Hall–Kier alpha value is -1.02. The van der Waals surface area contributed by atoms with Crippen LogP contribution in [0.15, 0.2) is 12.1 Å². The van der Waals surface area contributed by atoms with Crippen molar-refractivity contribution in [3.63, 3.8) is 0 Å². The van der Waals surface area contributed by atoms with Crippen LogP contribution in [0.4, 0.5) is 0 Å². The van der Waals surface area contributed by atoms with Gasteiger partial charge >= 0.3 is 0 Å². The van der Waals surface area contributed by atoms with Gasteiger partial charge in [0.2, 0.25) is 0 Å². The highest BCUT2D eigenvalue weighted by molar-refractivity contribution is 5.43. The van der Waals surface area contributed by atoms with E-state index in [-0.39, 0.29) is 5.60 Å². The van der Waals surface area contributed by atoms with Crippen molar-refractivity contribution >= 4 is 0 Å². The van der Waals surface area contributed by atoms with Gasteiger partial charge in [-0.15, -0.1) is 0 Å². The first-order valence-electron chi connectivity index (χ1n) is 5.32. The fourth-order valence-corrected chi connectivity index (χ4v) is 1.62. The fraction of sp³-hybridized carbons (Fsp3) is 0.538. The van der Waals surface area contributed by atoms with Crippen LogP contribution in [0, 0.1) is 13.8 Å². The highest BCUT2D eigenvalue weighted by Gasteiger charge is 2.15. The van der Waals surface area contributed by atoms with E-state index in [9.17, 15) is 0 Å². The lowest BCUT2D eigenvalue weighted by molar-refractivity contribution is 0.128. The second-order valence-electron chi connectivity index (χ2n) is 4.98. The predicted molar refractivity (Wildman–Crippen MR) is 64.2 cm³/mol. The van der Waals surface area contributed by atoms with Gasteiger partial charge in [-0.2, -0.15) is 0 Å². The third-order valence-electron chi connectivity index (χ3n) is 2.16. The van der Waals surface area contributed by atoms with Gasteiger partial charge in [0.25, 0.3) is 0 Å². The highest BCUT2D eigenvalue weighted by atomic mass is 16.5. The average molecular weight is 207 g/mol. The van der Waals surface area contributed by atoms with Gasteiger partial charge in [-0.3, -0.25) is 0 Å². The van der Waals surface area contributed by atoms with Crippen LogP contribution >= 0.6 is 0 Å². The van der Waals surface area contributed by atoms with Crippen LogP contribution in [0.1, 0.15) is 37.5 Å². The fourth-order valence-electron chi connectivity index (χ4n) is 1.62. The molecule has 0 saturated heterocycles. The summed E-state index contributed by atoms with van der Waals surface area (Å²) in [5, 5.41) is 0. The molecule has 2 heteroatoms. The Bertz CT molecular complexity index is 327. The summed E-state index contributed by atoms with van der Waals surface area (Å²) in [5.74, 6) is 0.986. The summed E-state index contributed by atoms with van der Waals surface area (Å²) in [7, 11) is 0. The lowest BCUT2D eigenvalue weighted by Gasteiger charge is -2.24. The molecule has 0 fully saturated rings. The van der Waals surface area contributed by atoms with Crippen molar-refractivity contribution in [1.29, 1.82) is 0 Å². The van der Waals surface area contributed by atoms with Gasteiger partial charge in [0, 0.05) is 6.54 Å². The standard InChI is InChI=1S/C13H21NO/c1-9-6-11(8-14)7-10(2)12(9)15-13(3,4)5/h6-7H,8,14H2,1-5H3. The molecule has 0 aromatic heterocycles. The molecule has 2 N–H and O–H groups in total. The first kappa shape index (κ1) is 12.1. The molecule has 0 spiro atoms. The molecule has 1 aromatic rings. The van der Waals surface area contributed by atoms with Crippen LogP contribution in [-0.2, 0) is 6.54 Å². The van der Waals surface area contributed by atoms with Crippen molar-refractivity contribution in [1.82, 2.24) is 0 Å². The van der Waals surface area contributed by atoms with Crippen molar-refractivity contribution in [2.75, 3.05) is 0 Å². The summed E-state index contributed by atoms with van der Waals surface area (Å²) in [5.41, 5.74) is 8.95. The smallest absolute Gasteiger partial charge is 0.125 e. The summed E-state index contributed by atoms with van der Waals surface area (Å²) in [6.07, 6.45) is 0. The Labute approximate surface area is 92.4 Å². The van der Waals surface area contributed by atoms with Crippen molar-refractivity contribution in [2.24, 2.45) is 5.73 Å². The molecule has 0 aliphatic rings.